The number of nitrogens with zero attached hydrogens (tertiary/aromatic N) is 2. The average molecular weight is 478 g/mol. The van der Waals surface area contributed by atoms with Crippen molar-refractivity contribution in [2.24, 2.45) is 0 Å². The largest absolute Gasteiger partial charge is 0.283 e. The highest BCUT2D eigenvalue weighted by atomic mass is 35.5. The summed E-state index contributed by atoms with van der Waals surface area (Å²) >= 11 is 6.30. The molecule has 170 valence electrons. The molecule has 1 aromatic heterocycles. The topological polar surface area (TPSA) is 47.0 Å². The van der Waals surface area contributed by atoms with E-state index in [-0.39, 0.29) is 10.6 Å². The van der Waals surface area contributed by atoms with Crippen LogP contribution in [0.1, 0.15) is 5.56 Å². The summed E-state index contributed by atoms with van der Waals surface area (Å²) in [4.78, 5) is 11.7. The zero-order valence-corrected chi connectivity index (χ0v) is 19.6. The first-order chi connectivity index (χ1) is 17.1. The van der Waals surface area contributed by atoms with Gasteiger partial charge in [0.25, 0.3) is 5.69 Å². The van der Waals surface area contributed by atoms with Gasteiger partial charge in [0.05, 0.1) is 4.92 Å². The first-order valence-corrected chi connectivity index (χ1v) is 11.6. The third kappa shape index (κ3) is 4.84. The molecule has 0 bridgehead atoms. The lowest BCUT2D eigenvalue weighted by atomic mass is 9.98. The van der Waals surface area contributed by atoms with Crippen LogP contribution in [0, 0.1) is 10.1 Å². The number of benzene rings is 4. The lowest BCUT2D eigenvalue weighted by Gasteiger charge is -2.13. The molecule has 4 nitrogen and oxygen atoms in total. The molecule has 0 unspecified atom stereocenters. The number of pyridine rings is 1. The lowest BCUT2D eigenvalue weighted by molar-refractivity contribution is -0.666. The molecule has 0 saturated heterocycles. The average Bonchev–Trinajstić information content (AvgIpc) is 2.90. The summed E-state index contributed by atoms with van der Waals surface area (Å²) in [6.07, 6.45) is 0. The number of nitro groups is 1. The van der Waals surface area contributed by atoms with E-state index in [9.17, 15) is 10.1 Å². The number of rotatable bonds is 6. The van der Waals surface area contributed by atoms with Gasteiger partial charge in [-0.15, -0.1) is 0 Å². The van der Waals surface area contributed by atoms with E-state index in [1.807, 2.05) is 78.9 Å². The van der Waals surface area contributed by atoms with Crippen LogP contribution in [0.15, 0.2) is 121 Å². The summed E-state index contributed by atoms with van der Waals surface area (Å²) in [6, 6.07) is 38.9. The Morgan fingerprint density at radius 1 is 0.657 bits per heavy atom. The number of para-hydroxylation sites is 1. The van der Waals surface area contributed by atoms with Gasteiger partial charge in [-0.1, -0.05) is 84.4 Å². The van der Waals surface area contributed by atoms with Crippen molar-refractivity contribution in [2.75, 3.05) is 0 Å². The highest BCUT2D eigenvalue weighted by Crippen LogP contribution is 2.33. The van der Waals surface area contributed by atoms with Gasteiger partial charge in [0.1, 0.15) is 5.56 Å². The molecule has 5 aromatic rings. The molecule has 0 fully saturated rings. The fraction of sp³-hybridized carbons (Fsp3) is 0.0333. The van der Waals surface area contributed by atoms with Gasteiger partial charge in [0.15, 0.2) is 6.54 Å². The third-order valence-electron chi connectivity index (χ3n) is 5.95. The smallest absolute Gasteiger partial charge is 0.258 e. The predicted molar refractivity (Wildman–Crippen MR) is 140 cm³/mol. The number of nitro benzene ring substituents is 1. The maximum atomic E-state index is 12.0. The van der Waals surface area contributed by atoms with E-state index in [4.69, 9.17) is 11.6 Å². The van der Waals surface area contributed by atoms with E-state index in [0.29, 0.717) is 17.1 Å². The molecule has 5 heteroatoms. The molecule has 0 spiro atoms. The van der Waals surface area contributed by atoms with E-state index in [0.717, 1.165) is 33.6 Å². The van der Waals surface area contributed by atoms with E-state index in [2.05, 4.69) is 34.9 Å². The monoisotopic (exact) mass is 477 g/mol. The maximum Gasteiger partial charge on any atom is 0.283 e. The normalized spacial score (nSPS) is 10.8. The van der Waals surface area contributed by atoms with Crippen molar-refractivity contribution in [3.05, 3.63) is 142 Å². The van der Waals surface area contributed by atoms with E-state index >= 15 is 0 Å². The zero-order chi connectivity index (χ0) is 24.2. The standard InChI is InChI=1S/C30H22ClN2O2/c31-26-15-9-10-22(18-26)21-32-29(24-13-5-2-6-14-24)19-25(23-11-3-1-4-12-23)20-30(32)27-16-7-8-17-28(27)33(34)35/h1-20H,21H2/q+1. The van der Waals surface area contributed by atoms with Crippen LogP contribution in [0.25, 0.3) is 33.6 Å². The van der Waals surface area contributed by atoms with Crippen LogP contribution in [0.3, 0.4) is 0 Å². The summed E-state index contributed by atoms with van der Waals surface area (Å²) < 4.78 is 2.13. The SMILES string of the molecule is O=[N+]([O-])c1ccccc1-c1cc(-c2ccccc2)cc(-c2ccccc2)[n+]1Cc1cccc(Cl)c1. The molecular formula is C30H22ClN2O2+. The van der Waals surface area contributed by atoms with Gasteiger partial charge in [0.2, 0.25) is 11.4 Å². The molecule has 4 aromatic carbocycles. The zero-order valence-electron chi connectivity index (χ0n) is 18.8. The quantitative estimate of drug-likeness (QED) is 0.144. The minimum absolute atomic E-state index is 0.0663. The molecule has 0 aliphatic carbocycles. The van der Waals surface area contributed by atoms with Gasteiger partial charge in [-0.05, 0) is 41.5 Å². The van der Waals surface area contributed by atoms with Crippen LogP contribution < -0.4 is 4.57 Å². The van der Waals surface area contributed by atoms with Crippen LogP contribution >= 0.6 is 11.6 Å². The number of aromatic nitrogens is 1. The molecule has 0 saturated carbocycles. The first kappa shape index (κ1) is 22.5. The lowest BCUT2D eigenvalue weighted by Crippen LogP contribution is -2.39. The molecule has 0 aliphatic heterocycles. The Morgan fingerprint density at radius 3 is 1.97 bits per heavy atom. The van der Waals surface area contributed by atoms with Crippen molar-refractivity contribution >= 4 is 17.3 Å². The maximum absolute atomic E-state index is 12.0. The van der Waals surface area contributed by atoms with Crippen LogP contribution in [0.5, 0.6) is 0 Å². The minimum Gasteiger partial charge on any atom is -0.258 e. The highest BCUT2D eigenvalue weighted by molar-refractivity contribution is 6.30. The molecular weight excluding hydrogens is 456 g/mol. The third-order valence-corrected chi connectivity index (χ3v) is 6.18. The van der Waals surface area contributed by atoms with Crippen molar-refractivity contribution in [1.29, 1.82) is 0 Å². The van der Waals surface area contributed by atoms with Crippen LogP contribution in [0.2, 0.25) is 5.02 Å². The van der Waals surface area contributed by atoms with Gasteiger partial charge in [0, 0.05) is 34.3 Å². The second-order valence-corrected chi connectivity index (χ2v) is 8.67. The van der Waals surface area contributed by atoms with Gasteiger partial charge in [-0.25, -0.2) is 0 Å². The number of halogens is 1. The van der Waals surface area contributed by atoms with Gasteiger partial charge >= 0.3 is 0 Å². The molecule has 0 atom stereocenters. The number of hydrogen-bond acceptors (Lipinski definition) is 2. The molecule has 5 rings (SSSR count). The summed E-state index contributed by atoms with van der Waals surface area (Å²) in [6.45, 7) is 0.501. The summed E-state index contributed by atoms with van der Waals surface area (Å²) in [7, 11) is 0. The minimum atomic E-state index is -0.323. The molecule has 0 aliphatic rings. The molecule has 0 amide bonds. The Morgan fingerprint density at radius 2 is 1.29 bits per heavy atom. The fourth-order valence-corrected chi connectivity index (χ4v) is 4.54. The summed E-state index contributed by atoms with van der Waals surface area (Å²) in [5, 5.41) is 12.6. The highest BCUT2D eigenvalue weighted by Gasteiger charge is 2.27. The van der Waals surface area contributed by atoms with Gasteiger partial charge in [-0.3, -0.25) is 10.1 Å². The van der Waals surface area contributed by atoms with Crippen molar-refractivity contribution in [1.82, 2.24) is 0 Å². The molecule has 0 N–H and O–H groups in total. The Bertz CT molecular complexity index is 1500. The second kappa shape index (κ2) is 9.92. The van der Waals surface area contributed by atoms with E-state index in [1.54, 1.807) is 12.1 Å². The van der Waals surface area contributed by atoms with Gasteiger partial charge in [-0.2, -0.15) is 4.57 Å². The van der Waals surface area contributed by atoms with Crippen molar-refractivity contribution < 1.29 is 9.49 Å². The predicted octanol–water partition coefficient (Wildman–Crippen LogP) is 7.59. The van der Waals surface area contributed by atoms with Crippen LogP contribution in [0.4, 0.5) is 5.69 Å². The van der Waals surface area contributed by atoms with Crippen LogP contribution in [-0.2, 0) is 6.54 Å². The van der Waals surface area contributed by atoms with E-state index < -0.39 is 0 Å². The summed E-state index contributed by atoms with van der Waals surface area (Å²) in [5.41, 5.74) is 6.40. The summed E-state index contributed by atoms with van der Waals surface area (Å²) in [5.74, 6) is 0. The Hall–Kier alpha value is -4.28. The second-order valence-electron chi connectivity index (χ2n) is 8.24. The molecule has 0 radical (unpaired) electrons. The van der Waals surface area contributed by atoms with E-state index in [1.165, 1.54) is 0 Å². The Kier molecular flexibility index (Phi) is 6.38. The number of hydrogen-bond donors (Lipinski definition) is 0. The van der Waals surface area contributed by atoms with Crippen LogP contribution in [-0.4, -0.2) is 4.92 Å². The molecule has 35 heavy (non-hydrogen) atoms. The first-order valence-electron chi connectivity index (χ1n) is 11.3. The van der Waals surface area contributed by atoms with Crippen molar-refractivity contribution in [3.63, 3.8) is 0 Å². The fourth-order valence-electron chi connectivity index (χ4n) is 4.33. The van der Waals surface area contributed by atoms with Gasteiger partial charge < -0.3 is 0 Å². The Labute approximate surface area is 208 Å². The Balaban J connectivity index is 1.84. The van der Waals surface area contributed by atoms with Crippen molar-refractivity contribution in [2.45, 2.75) is 6.54 Å². The van der Waals surface area contributed by atoms with Crippen molar-refractivity contribution in [3.8, 4) is 33.6 Å². The molecule has 1 heterocycles.